The van der Waals surface area contributed by atoms with Gasteiger partial charge in [0.15, 0.2) is 0 Å². The van der Waals surface area contributed by atoms with Crippen molar-refractivity contribution in [1.82, 2.24) is 9.78 Å². The van der Waals surface area contributed by atoms with Gasteiger partial charge in [0.25, 0.3) is 0 Å². The summed E-state index contributed by atoms with van der Waals surface area (Å²) in [5.74, 6) is 0.931. The molecule has 3 heteroatoms. The molecule has 0 unspecified atom stereocenters. The van der Waals surface area contributed by atoms with Gasteiger partial charge in [-0.05, 0) is 19.4 Å². The van der Waals surface area contributed by atoms with Crippen LogP contribution in [-0.4, -0.2) is 9.78 Å². The average molecular weight is 215 g/mol. The van der Waals surface area contributed by atoms with E-state index in [9.17, 15) is 0 Å². The van der Waals surface area contributed by atoms with Gasteiger partial charge in [0.05, 0.1) is 0 Å². The molecule has 84 valence electrons. The van der Waals surface area contributed by atoms with Crippen LogP contribution in [0.4, 0.5) is 5.82 Å². The first-order valence-electron chi connectivity index (χ1n) is 5.45. The smallest absolute Gasteiger partial charge is 0.148 e. The molecular weight excluding hydrogens is 198 g/mol. The fourth-order valence-electron chi connectivity index (χ4n) is 1.55. The molecule has 0 radical (unpaired) electrons. The molecule has 2 aromatic rings. The van der Waals surface area contributed by atoms with Gasteiger partial charge in [0.2, 0.25) is 0 Å². The van der Waals surface area contributed by atoms with Gasteiger partial charge in [-0.3, -0.25) is 4.68 Å². The van der Waals surface area contributed by atoms with Crippen LogP contribution in [-0.2, 0) is 13.6 Å². The van der Waals surface area contributed by atoms with Crippen molar-refractivity contribution >= 4 is 5.82 Å². The highest BCUT2D eigenvalue weighted by Gasteiger charge is 2.00. The summed E-state index contributed by atoms with van der Waals surface area (Å²) >= 11 is 0. The van der Waals surface area contributed by atoms with Gasteiger partial charge in [-0.1, -0.05) is 29.8 Å². The molecule has 1 N–H and O–H groups in total. The standard InChI is InChI=1S/C13H17N3/c1-10-4-6-12(7-5-10)9-14-13-8-11(2)16(3)15-13/h4-8H,9H2,1-3H3,(H,14,15). The third kappa shape index (κ3) is 2.42. The Kier molecular flexibility index (Phi) is 2.95. The maximum Gasteiger partial charge on any atom is 0.148 e. The second kappa shape index (κ2) is 4.39. The summed E-state index contributed by atoms with van der Waals surface area (Å²) in [6, 6.07) is 10.6. The third-order valence-electron chi connectivity index (χ3n) is 2.71. The Balaban J connectivity index is 1.99. The van der Waals surface area contributed by atoms with Gasteiger partial charge in [0, 0.05) is 25.4 Å². The Hall–Kier alpha value is -1.77. The van der Waals surface area contributed by atoms with Gasteiger partial charge in [0.1, 0.15) is 5.82 Å². The first kappa shape index (κ1) is 10.7. The molecular formula is C13H17N3. The highest BCUT2D eigenvalue weighted by Crippen LogP contribution is 2.09. The third-order valence-corrected chi connectivity index (χ3v) is 2.71. The lowest BCUT2D eigenvalue weighted by atomic mass is 10.1. The van der Waals surface area contributed by atoms with Crippen LogP contribution >= 0.6 is 0 Å². The summed E-state index contributed by atoms with van der Waals surface area (Å²) in [5.41, 5.74) is 3.72. The summed E-state index contributed by atoms with van der Waals surface area (Å²) in [4.78, 5) is 0. The first-order valence-corrected chi connectivity index (χ1v) is 5.45. The Bertz CT molecular complexity index is 449. The molecule has 0 aliphatic heterocycles. The summed E-state index contributed by atoms with van der Waals surface area (Å²) in [5, 5.41) is 7.66. The van der Waals surface area contributed by atoms with Crippen molar-refractivity contribution in [3.8, 4) is 0 Å². The molecule has 0 spiro atoms. The number of aryl methyl sites for hydroxylation is 3. The first-order chi connectivity index (χ1) is 7.65. The number of nitrogens with one attached hydrogen (secondary N) is 1. The number of anilines is 1. The molecule has 0 saturated heterocycles. The highest BCUT2D eigenvalue weighted by atomic mass is 15.3. The number of hydrogen-bond acceptors (Lipinski definition) is 2. The van der Waals surface area contributed by atoms with Gasteiger partial charge >= 0.3 is 0 Å². The fraction of sp³-hybridized carbons (Fsp3) is 0.308. The highest BCUT2D eigenvalue weighted by molar-refractivity contribution is 5.37. The lowest BCUT2D eigenvalue weighted by molar-refractivity contribution is 0.741. The van der Waals surface area contributed by atoms with Crippen LogP contribution in [0.15, 0.2) is 30.3 Å². The number of rotatable bonds is 3. The van der Waals surface area contributed by atoms with Crippen LogP contribution in [0.5, 0.6) is 0 Å². The van der Waals surface area contributed by atoms with Gasteiger partial charge < -0.3 is 5.32 Å². The van der Waals surface area contributed by atoms with Crippen LogP contribution in [0.1, 0.15) is 16.8 Å². The van der Waals surface area contributed by atoms with Crippen LogP contribution in [0.25, 0.3) is 0 Å². The van der Waals surface area contributed by atoms with E-state index in [1.54, 1.807) is 0 Å². The van der Waals surface area contributed by atoms with Crippen molar-refractivity contribution in [3.05, 3.63) is 47.2 Å². The van der Waals surface area contributed by atoms with E-state index in [-0.39, 0.29) is 0 Å². The van der Waals surface area contributed by atoms with Gasteiger partial charge in [-0.25, -0.2) is 0 Å². The van der Waals surface area contributed by atoms with Crippen molar-refractivity contribution in [2.45, 2.75) is 20.4 Å². The van der Waals surface area contributed by atoms with Crippen molar-refractivity contribution in [3.63, 3.8) is 0 Å². The minimum atomic E-state index is 0.816. The lowest BCUT2D eigenvalue weighted by Crippen LogP contribution is -2.00. The fourth-order valence-corrected chi connectivity index (χ4v) is 1.55. The van der Waals surface area contributed by atoms with Gasteiger partial charge in [-0.15, -0.1) is 0 Å². The number of aromatic nitrogens is 2. The zero-order valence-electron chi connectivity index (χ0n) is 9.99. The second-order valence-corrected chi connectivity index (χ2v) is 4.13. The zero-order valence-corrected chi connectivity index (χ0v) is 9.99. The van der Waals surface area contributed by atoms with E-state index in [1.165, 1.54) is 11.1 Å². The SMILES string of the molecule is Cc1ccc(CNc2cc(C)n(C)n2)cc1. The molecule has 0 amide bonds. The van der Waals surface area contributed by atoms with E-state index in [1.807, 2.05) is 24.7 Å². The van der Waals surface area contributed by atoms with E-state index in [0.717, 1.165) is 18.1 Å². The maximum atomic E-state index is 4.35. The van der Waals surface area contributed by atoms with Crippen molar-refractivity contribution < 1.29 is 0 Å². The molecule has 0 fully saturated rings. The molecule has 0 saturated carbocycles. The monoisotopic (exact) mass is 215 g/mol. The topological polar surface area (TPSA) is 29.9 Å². The molecule has 0 aliphatic carbocycles. The summed E-state index contributed by atoms with van der Waals surface area (Å²) < 4.78 is 1.87. The minimum absolute atomic E-state index is 0.816. The Morgan fingerprint density at radius 3 is 2.44 bits per heavy atom. The molecule has 0 aliphatic rings. The van der Waals surface area contributed by atoms with Crippen molar-refractivity contribution in [1.29, 1.82) is 0 Å². The molecule has 1 aromatic carbocycles. The summed E-state index contributed by atoms with van der Waals surface area (Å²) in [7, 11) is 1.95. The molecule has 0 bridgehead atoms. The van der Waals surface area contributed by atoms with E-state index in [4.69, 9.17) is 0 Å². The minimum Gasteiger partial charge on any atom is -0.365 e. The zero-order chi connectivity index (χ0) is 11.5. The van der Waals surface area contributed by atoms with Crippen molar-refractivity contribution in [2.75, 3.05) is 5.32 Å². The van der Waals surface area contributed by atoms with Gasteiger partial charge in [-0.2, -0.15) is 5.10 Å². The molecule has 3 nitrogen and oxygen atoms in total. The molecule has 1 aromatic heterocycles. The average Bonchev–Trinajstić information content (AvgIpc) is 2.58. The van der Waals surface area contributed by atoms with Crippen molar-refractivity contribution in [2.24, 2.45) is 7.05 Å². The molecule has 16 heavy (non-hydrogen) atoms. The van der Waals surface area contributed by atoms with Crippen LogP contribution in [0.3, 0.4) is 0 Å². The number of benzene rings is 1. The maximum absolute atomic E-state index is 4.35. The predicted octanol–water partition coefficient (Wildman–Crippen LogP) is 2.65. The van der Waals surface area contributed by atoms with E-state index < -0.39 is 0 Å². The predicted molar refractivity (Wildman–Crippen MR) is 66.5 cm³/mol. The van der Waals surface area contributed by atoms with E-state index in [0.29, 0.717) is 0 Å². The lowest BCUT2D eigenvalue weighted by Gasteiger charge is -2.03. The van der Waals surface area contributed by atoms with Crippen LogP contribution in [0, 0.1) is 13.8 Å². The number of hydrogen-bond donors (Lipinski definition) is 1. The molecule has 0 atom stereocenters. The second-order valence-electron chi connectivity index (χ2n) is 4.13. The molecule has 2 rings (SSSR count). The number of nitrogens with zero attached hydrogens (tertiary/aromatic N) is 2. The largest absolute Gasteiger partial charge is 0.365 e. The van der Waals surface area contributed by atoms with Crippen LogP contribution in [0.2, 0.25) is 0 Å². The van der Waals surface area contributed by atoms with Crippen LogP contribution < -0.4 is 5.32 Å². The Morgan fingerprint density at radius 1 is 1.19 bits per heavy atom. The quantitative estimate of drug-likeness (QED) is 0.853. The molecule has 1 heterocycles. The Labute approximate surface area is 96.1 Å². The van der Waals surface area contributed by atoms with E-state index in [2.05, 4.69) is 41.6 Å². The Morgan fingerprint density at radius 2 is 1.88 bits per heavy atom. The summed E-state index contributed by atoms with van der Waals surface area (Å²) in [6.07, 6.45) is 0. The normalized spacial score (nSPS) is 10.4. The summed E-state index contributed by atoms with van der Waals surface area (Å²) in [6.45, 7) is 4.96. The van der Waals surface area contributed by atoms with E-state index >= 15 is 0 Å².